The van der Waals surface area contributed by atoms with Crippen LogP contribution in [-0.4, -0.2) is 43.0 Å². The van der Waals surface area contributed by atoms with Crippen LogP contribution in [0.15, 0.2) is 53.7 Å². The summed E-state index contributed by atoms with van der Waals surface area (Å²) in [6.07, 6.45) is 2.78. The van der Waals surface area contributed by atoms with Gasteiger partial charge in [0.2, 0.25) is 0 Å². The third kappa shape index (κ3) is 6.98. The lowest BCUT2D eigenvalue weighted by Gasteiger charge is -2.12. The van der Waals surface area contributed by atoms with Crippen molar-refractivity contribution < 1.29 is 4.39 Å². The molecule has 3 rings (SSSR count). The highest BCUT2D eigenvalue weighted by molar-refractivity contribution is 14.0. The number of fused-ring (bicyclic) bond motifs is 1. The normalized spacial score (nSPS) is 11.6. The Balaban J connectivity index is 0.00000320. The summed E-state index contributed by atoms with van der Waals surface area (Å²) in [6.45, 7) is 5.16. The number of benzene rings is 2. The second-order valence-corrected chi connectivity index (χ2v) is 7.43. The van der Waals surface area contributed by atoms with Gasteiger partial charge in [-0.2, -0.15) is 0 Å². The summed E-state index contributed by atoms with van der Waals surface area (Å²) in [5.74, 6) is 0.580. The van der Waals surface area contributed by atoms with E-state index in [0.29, 0.717) is 6.54 Å². The van der Waals surface area contributed by atoms with Gasteiger partial charge >= 0.3 is 0 Å². The van der Waals surface area contributed by atoms with Crippen molar-refractivity contribution in [3.05, 3.63) is 71.2 Å². The van der Waals surface area contributed by atoms with Gasteiger partial charge in [-0.15, -0.1) is 24.0 Å². The van der Waals surface area contributed by atoms with Gasteiger partial charge in [-0.3, -0.25) is 0 Å². The molecule has 3 N–H and O–H groups in total. The number of hydrogen-bond acceptors (Lipinski definition) is 2. The van der Waals surface area contributed by atoms with Crippen LogP contribution in [-0.2, 0) is 19.5 Å². The zero-order valence-electron chi connectivity index (χ0n) is 17.8. The van der Waals surface area contributed by atoms with E-state index in [4.69, 9.17) is 4.99 Å². The van der Waals surface area contributed by atoms with Crippen molar-refractivity contribution in [2.75, 3.05) is 27.2 Å². The number of aromatic amines is 1. The second-order valence-electron chi connectivity index (χ2n) is 7.43. The number of guanidine groups is 1. The molecule has 1 heterocycles. The van der Waals surface area contributed by atoms with Crippen LogP contribution in [0.5, 0.6) is 0 Å². The van der Waals surface area contributed by atoms with Crippen LogP contribution in [0.25, 0.3) is 10.9 Å². The first-order valence-corrected chi connectivity index (χ1v) is 10.1. The Morgan fingerprint density at radius 3 is 2.67 bits per heavy atom. The second kappa shape index (κ2) is 11.9. The van der Waals surface area contributed by atoms with E-state index in [2.05, 4.69) is 65.8 Å². The lowest BCUT2D eigenvalue weighted by Crippen LogP contribution is -2.38. The molecular weight excluding hydrogens is 492 g/mol. The van der Waals surface area contributed by atoms with E-state index >= 15 is 0 Å². The highest BCUT2D eigenvalue weighted by atomic mass is 127. The molecular formula is C23H31FIN5. The summed E-state index contributed by atoms with van der Waals surface area (Å²) in [6, 6.07) is 13.4. The summed E-state index contributed by atoms with van der Waals surface area (Å²) in [7, 11) is 4.14. The molecule has 0 bridgehead atoms. The van der Waals surface area contributed by atoms with Crippen LogP contribution in [0.4, 0.5) is 4.39 Å². The lowest BCUT2D eigenvalue weighted by molar-refractivity contribution is 0.402. The highest BCUT2D eigenvalue weighted by Crippen LogP contribution is 2.19. The maximum absolute atomic E-state index is 13.3. The SMILES string of the molecule is CCNC(=NCc1cccc(CN(C)C)c1)NCCc1c[nH]c2cc(F)ccc12.I. The van der Waals surface area contributed by atoms with Crippen molar-refractivity contribution in [3.63, 3.8) is 0 Å². The Kier molecular flexibility index (Phi) is 9.58. The first kappa shape index (κ1) is 24.1. The number of hydrogen-bond donors (Lipinski definition) is 3. The lowest BCUT2D eigenvalue weighted by atomic mass is 10.1. The van der Waals surface area contributed by atoms with Gasteiger partial charge in [-0.1, -0.05) is 24.3 Å². The minimum absolute atomic E-state index is 0. The van der Waals surface area contributed by atoms with Crippen LogP contribution < -0.4 is 10.6 Å². The Morgan fingerprint density at radius 2 is 1.90 bits per heavy atom. The molecule has 5 nitrogen and oxygen atoms in total. The number of aliphatic imine (C=N–C) groups is 1. The van der Waals surface area contributed by atoms with Gasteiger partial charge in [-0.25, -0.2) is 9.38 Å². The molecule has 3 aromatic rings. The van der Waals surface area contributed by atoms with E-state index in [1.165, 1.54) is 28.8 Å². The maximum Gasteiger partial charge on any atom is 0.191 e. The largest absolute Gasteiger partial charge is 0.361 e. The first-order chi connectivity index (χ1) is 14.0. The van der Waals surface area contributed by atoms with Gasteiger partial charge < -0.3 is 20.5 Å². The average molecular weight is 523 g/mol. The van der Waals surface area contributed by atoms with Gasteiger partial charge in [0.1, 0.15) is 5.82 Å². The van der Waals surface area contributed by atoms with Gasteiger partial charge in [0, 0.05) is 36.7 Å². The van der Waals surface area contributed by atoms with Crippen molar-refractivity contribution >= 4 is 40.8 Å². The molecule has 0 unspecified atom stereocenters. The van der Waals surface area contributed by atoms with Crippen LogP contribution >= 0.6 is 24.0 Å². The molecule has 1 aromatic heterocycles. The van der Waals surface area contributed by atoms with Crippen molar-refractivity contribution in [1.82, 2.24) is 20.5 Å². The zero-order chi connectivity index (χ0) is 20.6. The van der Waals surface area contributed by atoms with Crippen LogP contribution in [0.3, 0.4) is 0 Å². The van der Waals surface area contributed by atoms with E-state index in [-0.39, 0.29) is 29.8 Å². The smallest absolute Gasteiger partial charge is 0.191 e. The maximum atomic E-state index is 13.3. The van der Waals surface area contributed by atoms with E-state index in [0.717, 1.165) is 42.9 Å². The highest BCUT2D eigenvalue weighted by Gasteiger charge is 2.05. The molecule has 162 valence electrons. The quantitative estimate of drug-likeness (QED) is 0.235. The number of aromatic nitrogens is 1. The van der Waals surface area contributed by atoms with Crippen molar-refractivity contribution in [2.24, 2.45) is 4.99 Å². The van der Waals surface area contributed by atoms with Gasteiger partial charge in [0.15, 0.2) is 5.96 Å². The molecule has 0 aliphatic carbocycles. The van der Waals surface area contributed by atoms with E-state index in [9.17, 15) is 4.39 Å². The minimum atomic E-state index is -0.222. The summed E-state index contributed by atoms with van der Waals surface area (Å²) in [5.41, 5.74) is 4.48. The van der Waals surface area contributed by atoms with E-state index in [1.54, 1.807) is 0 Å². The predicted octanol–water partition coefficient (Wildman–Crippen LogP) is 4.28. The molecule has 0 aliphatic heterocycles. The van der Waals surface area contributed by atoms with Crippen molar-refractivity contribution in [1.29, 1.82) is 0 Å². The zero-order valence-corrected chi connectivity index (χ0v) is 20.2. The summed E-state index contributed by atoms with van der Waals surface area (Å²) < 4.78 is 13.3. The summed E-state index contributed by atoms with van der Waals surface area (Å²) >= 11 is 0. The molecule has 0 spiro atoms. The van der Waals surface area contributed by atoms with Crippen molar-refractivity contribution in [3.8, 4) is 0 Å². The molecule has 0 aliphatic rings. The van der Waals surface area contributed by atoms with Gasteiger partial charge in [-0.05, 0) is 62.3 Å². The molecule has 0 saturated carbocycles. The van der Waals surface area contributed by atoms with Crippen LogP contribution in [0.2, 0.25) is 0 Å². The Bertz CT molecular complexity index is 967. The summed E-state index contributed by atoms with van der Waals surface area (Å²) in [4.78, 5) is 10.0. The minimum Gasteiger partial charge on any atom is -0.361 e. The predicted molar refractivity (Wildman–Crippen MR) is 134 cm³/mol. The topological polar surface area (TPSA) is 55.5 Å². The van der Waals surface area contributed by atoms with Gasteiger partial charge in [0.25, 0.3) is 0 Å². The van der Waals surface area contributed by atoms with Crippen LogP contribution in [0.1, 0.15) is 23.6 Å². The monoisotopic (exact) mass is 523 g/mol. The number of nitrogens with zero attached hydrogens (tertiary/aromatic N) is 2. The Morgan fingerprint density at radius 1 is 1.10 bits per heavy atom. The number of rotatable bonds is 8. The fraction of sp³-hybridized carbons (Fsp3) is 0.348. The first-order valence-electron chi connectivity index (χ1n) is 10.1. The number of H-pyrrole nitrogens is 1. The molecule has 2 aromatic carbocycles. The molecule has 0 fully saturated rings. The third-order valence-electron chi connectivity index (χ3n) is 4.67. The van der Waals surface area contributed by atoms with E-state index in [1.807, 2.05) is 12.3 Å². The fourth-order valence-electron chi connectivity index (χ4n) is 3.38. The van der Waals surface area contributed by atoms with Crippen LogP contribution in [0, 0.1) is 5.82 Å². The average Bonchev–Trinajstić information content (AvgIpc) is 3.08. The van der Waals surface area contributed by atoms with Crippen molar-refractivity contribution in [2.45, 2.75) is 26.4 Å². The molecule has 7 heteroatoms. The molecule has 0 amide bonds. The van der Waals surface area contributed by atoms with E-state index < -0.39 is 0 Å². The molecule has 30 heavy (non-hydrogen) atoms. The Labute approximate surface area is 195 Å². The fourth-order valence-corrected chi connectivity index (χ4v) is 3.38. The molecule has 0 saturated heterocycles. The number of nitrogens with one attached hydrogen (secondary N) is 3. The molecule has 0 atom stereocenters. The van der Waals surface area contributed by atoms with Gasteiger partial charge in [0.05, 0.1) is 6.54 Å². The molecule has 0 radical (unpaired) electrons. The summed E-state index contributed by atoms with van der Waals surface area (Å²) in [5, 5.41) is 7.76. The third-order valence-corrected chi connectivity index (χ3v) is 4.67. The Hall–Kier alpha value is -2.13. The standard InChI is InChI=1S/C23H30FN5.HI/c1-4-25-23(28-14-17-6-5-7-18(12-17)16-29(2)3)26-11-10-19-15-27-22-13-20(24)8-9-21(19)22;/h5-9,12-13,15,27H,4,10-11,14,16H2,1-3H3,(H2,25,26,28);1H. The number of halogens is 2.